The highest BCUT2D eigenvalue weighted by Crippen LogP contribution is 2.07. The Kier molecular flexibility index (Phi) is 2.71. The lowest BCUT2D eigenvalue weighted by atomic mass is 10.1. The van der Waals surface area contributed by atoms with E-state index in [2.05, 4.69) is 25.8 Å². The van der Waals surface area contributed by atoms with Gasteiger partial charge in [-0.25, -0.2) is 0 Å². The van der Waals surface area contributed by atoms with Gasteiger partial charge in [-0.15, -0.1) is 6.42 Å². The summed E-state index contributed by atoms with van der Waals surface area (Å²) in [5.74, 6) is 2.59. The van der Waals surface area contributed by atoms with Crippen molar-refractivity contribution in [3.05, 3.63) is 41.0 Å². The third-order valence-corrected chi connectivity index (χ3v) is 1.53. The molecule has 1 aromatic carbocycles. The zero-order valence-electron chi connectivity index (χ0n) is 7.46. The second-order valence-corrected chi connectivity index (χ2v) is 2.99. The standard InChI is InChI=1S/C12H12/c1-4-11-5-7-12(8-6-11)9-10(2)3/h1,5-9H,2-3H3. The van der Waals surface area contributed by atoms with Crippen LogP contribution in [0.25, 0.3) is 6.08 Å². The van der Waals surface area contributed by atoms with E-state index in [9.17, 15) is 0 Å². The Hall–Kier alpha value is -1.48. The maximum Gasteiger partial charge on any atom is 0.0243 e. The molecule has 0 N–H and O–H groups in total. The number of rotatable bonds is 1. The molecule has 0 nitrogen and oxygen atoms in total. The average Bonchev–Trinajstić information content (AvgIpc) is 2.05. The molecule has 0 atom stereocenters. The van der Waals surface area contributed by atoms with E-state index in [4.69, 9.17) is 6.42 Å². The van der Waals surface area contributed by atoms with Gasteiger partial charge < -0.3 is 0 Å². The van der Waals surface area contributed by atoms with Crippen LogP contribution in [0.3, 0.4) is 0 Å². The lowest BCUT2D eigenvalue weighted by Gasteiger charge is -1.94. The van der Waals surface area contributed by atoms with Crippen LogP contribution in [0.4, 0.5) is 0 Å². The average molecular weight is 156 g/mol. The Morgan fingerprint density at radius 2 is 1.83 bits per heavy atom. The van der Waals surface area contributed by atoms with Gasteiger partial charge in [0.05, 0.1) is 0 Å². The fourth-order valence-corrected chi connectivity index (χ4v) is 1.01. The van der Waals surface area contributed by atoms with E-state index >= 15 is 0 Å². The molecule has 0 radical (unpaired) electrons. The van der Waals surface area contributed by atoms with Gasteiger partial charge in [0.1, 0.15) is 0 Å². The molecule has 0 bridgehead atoms. The highest BCUT2D eigenvalue weighted by Gasteiger charge is 1.87. The predicted octanol–water partition coefficient (Wildman–Crippen LogP) is 3.09. The molecule has 0 amide bonds. The largest absolute Gasteiger partial charge is 0.115 e. The van der Waals surface area contributed by atoms with Crippen molar-refractivity contribution in [1.29, 1.82) is 0 Å². The maximum atomic E-state index is 5.24. The summed E-state index contributed by atoms with van der Waals surface area (Å²) < 4.78 is 0. The molecular weight excluding hydrogens is 144 g/mol. The molecule has 1 rings (SSSR count). The van der Waals surface area contributed by atoms with E-state index in [-0.39, 0.29) is 0 Å². The molecule has 0 aliphatic carbocycles. The van der Waals surface area contributed by atoms with Crippen LogP contribution in [-0.4, -0.2) is 0 Å². The van der Waals surface area contributed by atoms with Gasteiger partial charge in [-0.1, -0.05) is 29.7 Å². The molecule has 60 valence electrons. The van der Waals surface area contributed by atoms with Crippen LogP contribution >= 0.6 is 0 Å². The number of hydrogen-bond acceptors (Lipinski definition) is 0. The predicted molar refractivity (Wildman–Crippen MR) is 53.7 cm³/mol. The minimum Gasteiger partial charge on any atom is -0.115 e. The number of hydrogen-bond donors (Lipinski definition) is 0. The van der Waals surface area contributed by atoms with Gasteiger partial charge in [-0.05, 0) is 31.5 Å². The molecular formula is C12H12. The fourth-order valence-electron chi connectivity index (χ4n) is 1.01. The first-order valence-electron chi connectivity index (χ1n) is 3.94. The van der Waals surface area contributed by atoms with Gasteiger partial charge in [0.25, 0.3) is 0 Å². The molecule has 0 saturated heterocycles. The number of allylic oxidation sites excluding steroid dienone is 1. The molecule has 12 heavy (non-hydrogen) atoms. The van der Waals surface area contributed by atoms with Gasteiger partial charge in [0.15, 0.2) is 0 Å². The van der Waals surface area contributed by atoms with E-state index in [1.165, 1.54) is 11.1 Å². The summed E-state index contributed by atoms with van der Waals surface area (Å²) in [5, 5.41) is 0. The molecule has 0 saturated carbocycles. The minimum atomic E-state index is 0.931. The summed E-state index contributed by atoms with van der Waals surface area (Å²) in [6.45, 7) is 4.16. The Morgan fingerprint density at radius 3 is 2.25 bits per heavy atom. The van der Waals surface area contributed by atoms with E-state index < -0.39 is 0 Å². The zero-order valence-corrected chi connectivity index (χ0v) is 7.46. The van der Waals surface area contributed by atoms with Gasteiger partial charge in [-0.3, -0.25) is 0 Å². The fraction of sp³-hybridized carbons (Fsp3) is 0.167. The highest BCUT2D eigenvalue weighted by atomic mass is 13.9. The molecule has 1 aromatic rings. The Morgan fingerprint density at radius 1 is 1.25 bits per heavy atom. The van der Waals surface area contributed by atoms with E-state index in [0.717, 1.165) is 5.56 Å². The quantitative estimate of drug-likeness (QED) is 0.548. The second-order valence-electron chi connectivity index (χ2n) is 2.99. The van der Waals surface area contributed by atoms with Gasteiger partial charge >= 0.3 is 0 Å². The molecule has 0 aliphatic rings. The molecule has 0 heterocycles. The third-order valence-electron chi connectivity index (χ3n) is 1.53. The van der Waals surface area contributed by atoms with Crippen molar-refractivity contribution in [2.24, 2.45) is 0 Å². The number of terminal acetylenes is 1. The Bertz CT molecular complexity index is 316. The van der Waals surface area contributed by atoms with Crippen LogP contribution in [0, 0.1) is 12.3 Å². The van der Waals surface area contributed by atoms with Gasteiger partial charge in [-0.2, -0.15) is 0 Å². The molecule has 0 unspecified atom stereocenters. The maximum absolute atomic E-state index is 5.24. The molecule has 0 heteroatoms. The molecule has 0 aliphatic heterocycles. The van der Waals surface area contributed by atoms with Crippen LogP contribution in [0.2, 0.25) is 0 Å². The third kappa shape index (κ3) is 2.29. The van der Waals surface area contributed by atoms with Crippen molar-refractivity contribution in [3.63, 3.8) is 0 Å². The van der Waals surface area contributed by atoms with Crippen LogP contribution in [-0.2, 0) is 0 Å². The molecule has 0 aromatic heterocycles. The minimum absolute atomic E-state index is 0.931. The van der Waals surface area contributed by atoms with Crippen molar-refractivity contribution >= 4 is 6.08 Å². The SMILES string of the molecule is C#Cc1ccc(C=C(C)C)cc1. The summed E-state index contributed by atoms with van der Waals surface area (Å²) in [7, 11) is 0. The van der Waals surface area contributed by atoms with Crippen molar-refractivity contribution in [2.45, 2.75) is 13.8 Å². The molecule has 0 fully saturated rings. The lowest BCUT2D eigenvalue weighted by Crippen LogP contribution is -1.75. The summed E-state index contributed by atoms with van der Waals surface area (Å²) in [6.07, 6.45) is 7.36. The van der Waals surface area contributed by atoms with Crippen molar-refractivity contribution in [2.75, 3.05) is 0 Å². The van der Waals surface area contributed by atoms with Crippen LogP contribution in [0.5, 0.6) is 0 Å². The second kappa shape index (κ2) is 3.78. The zero-order chi connectivity index (χ0) is 8.97. The van der Waals surface area contributed by atoms with E-state index in [1.54, 1.807) is 0 Å². The Balaban J connectivity index is 2.95. The first-order valence-corrected chi connectivity index (χ1v) is 3.94. The lowest BCUT2D eigenvalue weighted by molar-refractivity contribution is 1.42. The first kappa shape index (κ1) is 8.62. The van der Waals surface area contributed by atoms with Crippen molar-refractivity contribution in [3.8, 4) is 12.3 Å². The van der Waals surface area contributed by atoms with Crippen LogP contribution in [0.1, 0.15) is 25.0 Å². The molecule has 0 spiro atoms. The van der Waals surface area contributed by atoms with E-state index in [0.29, 0.717) is 0 Å². The van der Waals surface area contributed by atoms with Crippen molar-refractivity contribution in [1.82, 2.24) is 0 Å². The van der Waals surface area contributed by atoms with Crippen molar-refractivity contribution < 1.29 is 0 Å². The Labute approximate surface area is 73.9 Å². The summed E-state index contributed by atoms with van der Waals surface area (Å²) in [4.78, 5) is 0. The van der Waals surface area contributed by atoms with Crippen LogP contribution < -0.4 is 0 Å². The smallest absolute Gasteiger partial charge is 0.0243 e. The van der Waals surface area contributed by atoms with Crippen LogP contribution in [0.15, 0.2) is 29.8 Å². The summed E-state index contributed by atoms with van der Waals surface area (Å²) in [6, 6.07) is 7.97. The summed E-state index contributed by atoms with van der Waals surface area (Å²) >= 11 is 0. The topological polar surface area (TPSA) is 0 Å². The normalized spacial score (nSPS) is 8.75. The van der Waals surface area contributed by atoms with Gasteiger partial charge in [0, 0.05) is 5.56 Å². The number of benzene rings is 1. The first-order chi connectivity index (χ1) is 5.72. The van der Waals surface area contributed by atoms with E-state index in [1.807, 2.05) is 24.3 Å². The highest BCUT2D eigenvalue weighted by molar-refractivity contribution is 5.53. The van der Waals surface area contributed by atoms with Gasteiger partial charge in [0.2, 0.25) is 0 Å². The monoisotopic (exact) mass is 156 g/mol. The summed E-state index contributed by atoms with van der Waals surface area (Å²) in [5.41, 5.74) is 3.43.